The first-order valence-electron chi connectivity index (χ1n) is 9.75. The van der Waals surface area contributed by atoms with E-state index in [0.29, 0.717) is 13.1 Å². The fourth-order valence-electron chi connectivity index (χ4n) is 3.48. The first-order valence-corrected chi connectivity index (χ1v) is 9.75. The third-order valence-corrected chi connectivity index (χ3v) is 5.01. The Kier molecular flexibility index (Phi) is 5.56. The molecule has 0 aliphatic carbocycles. The highest BCUT2D eigenvalue weighted by Gasteiger charge is 2.15. The lowest BCUT2D eigenvalue weighted by atomic mass is 10.1. The van der Waals surface area contributed by atoms with Gasteiger partial charge in [0.1, 0.15) is 0 Å². The molecule has 0 aliphatic heterocycles. The molecule has 2 aromatic heterocycles. The Labute approximate surface area is 170 Å². The van der Waals surface area contributed by atoms with Gasteiger partial charge in [-0.2, -0.15) is 0 Å². The van der Waals surface area contributed by atoms with Gasteiger partial charge in [0, 0.05) is 48.3 Å². The van der Waals surface area contributed by atoms with Crippen molar-refractivity contribution in [2.75, 3.05) is 11.9 Å². The number of pyridine rings is 1. The van der Waals surface area contributed by atoms with Crippen LogP contribution in [0.3, 0.4) is 0 Å². The molecule has 5 heteroatoms. The number of fused-ring (bicyclic) bond motifs is 1. The third kappa shape index (κ3) is 4.63. The number of anilines is 1. The minimum atomic E-state index is -0.104. The number of para-hydroxylation sites is 1. The molecule has 29 heavy (non-hydrogen) atoms. The summed E-state index contributed by atoms with van der Waals surface area (Å²) in [5, 5.41) is 4.24. The van der Waals surface area contributed by atoms with Crippen LogP contribution in [-0.2, 0) is 13.0 Å². The van der Waals surface area contributed by atoms with E-state index >= 15 is 0 Å². The second-order valence-electron chi connectivity index (χ2n) is 7.19. The molecule has 0 bridgehead atoms. The number of rotatable bonds is 6. The molecule has 0 fully saturated rings. The molecule has 0 atom stereocenters. The molecule has 0 saturated heterocycles. The van der Waals surface area contributed by atoms with Crippen LogP contribution in [0.5, 0.6) is 0 Å². The smallest absolute Gasteiger partial charge is 0.322 e. The molecular weight excluding hydrogens is 360 g/mol. The molecule has 5 nitrogen and oxygen atoms in total. The number of urea groups is 1. The number of benzene rings is 2. The first-order chi connectivity index (χ1) is 14.2. The van der Waals surface area contributed by atoms with Gasteiger partial charge >= 0.3 is 6.03 Å². The molecule has 0 spiro atoms. The van der Waals surface area contributed by atoms with Crippen molar-refractivity contribution >= 4 is 22.6 Å². The van der Waals surface area contributed by atoms with Crippen LogP contribution in [0.15, 0.2) is 79.3 Å². The van der Waals surface area contributed by atoms with E-state index in [1.807, 2.05) is 66.6 Å². The SMILES string of the molecule is Cc1cccc(NC(=O)N(CCc2c[nH]c3ccccc23)Cc2ccncc2)c1. The fraction of sp³-hybridized carbons (Fsp3) is 0.167. The Balaban J connectivity index is 1.52. The Bertz CT molecular complexity index is 1100. The molecule has 146 valence electrons. The van der Waals surface area contributed by atoms with Crippen molar-refractivity contribution in [2.24, 2.45) is 0 Å². The monoisotopic (exact) mass is 384 g/mol. The molecule has 2 amide bonds. The van der Waals surface area contributed by atoms with E-state index in [1.165, 1.54) is 10.9 Å². The van der Waals surface area contributed by atoms with Crippen molar-refractivity contribution in [3.63, 3.8) is 0 Å². The van der Waals surface area contributed by atoms with Crippen molar-refractivity contribution in [3.05, 3.63) is 95.9 Å². The minimum absolute atomic E-state index is 0.104. The molecule has 2 N–H and O–H groups in total. The lowest BCUT2D eigenvalue weighted by molar-refractivity contribution is 0.210. The molecule has 4 aromatic rings. The number of H-pyrrole nitrogens is 1. The van der Waals surface area contributed by atoms with Crippen LogP contribution in [-0.4, -0.2) is 27.4 Å². The van der Waals surface area contributed by atoms with Gasteiger partial charge in [-0.25, -0.2) is 4.79 Å². The molecule has 0 aliphatic rings. The van der Waals surface area contributed by atoms with Crippen LogP contribution in [0.2, 0.25) is 0 Å². The van der Waals surface area contributed by atoms with Gasteiger partial charge in [-0.1, -0.05) is 30.3 Å². The number of hydrogen-bond donors (Lipinski definition) is 2. The van der Waals surface area contributed by atoms with Crippen LogP contribution in [0.4, 0.5) is 10.5 Å². The zero-order chi connectivity index (χ0) is 20.1. The van der Waals surface area contributed by atoms with Crippen molar-refractivity contribution in [2.45, 2.75) is 19.9 Å². The molecule has 2 heterocycles. The van der Waals surface area contributed by atoms with E-state index < -0.39 is 0 Å². The Morgan fingerprint density at radius 1 is 1.07 bits per heavy atom. The zero-order valence-corrected chi connectivity index (χ0v) is 16.4. The fourth-order valence-corrected chi connectivity index (χ4v) is 3.48. The summed E-state index contributed by atoms with van der Waals surface area (Å²) in [6.45, 7) is 3.16. The second kappa shape index (κ2) is 8.61. The highest BCUT2D eigenvalue weighted by atomic mass is 16.2. The standard InChI is InChI=1S/C24H24N4O/c1-18-5-4-6-21(15-18)27-24(29)28(17-19-9-12-25-13-10-19)14-11-20-16-26-23-8-3-2-7-22(20)23/h2-10,12-13,15-16,26H,11,14,17H2,1H3,(H,27,29). The van der Waals surface area contributed by atoms with Gasteiger partial charge in [-0.3, -0.25) is 4.98 Å². The Hall–Kier alpha value is -3.60. The van der Waals surface area contributed by atoms with Crippen molar-refractivity contribution in [1.29, 1.82) is 0 Å². The largest absolute Gasteiger partial charge is 0.361 e. The maximum atomic E-state index is 13.0. The van der Waals surface area contributed by atoms with Crippen LogP contribution < -0.4 is 5.32 Å². The number of aromatic amines is 1. The van der Waals surface area contributed by atoms with E-state index in [4.69, 9.17) is 0 Å². The summed E-state index contributed by atoms with van der Waals surface area (Å²) in [7, 11) is 0. The van der Waals surface area contributed by atoms with Gasteiger partial charge in [0.15, 0.2) is 0 Å². The van der Waals surface area contributed by atoms with E-state index in [0.717, 1.165) is 28.8 Å². The summed E-state index contributed by atoms with van der Waals surface area (Å²) in [5.41, 5.74) is 5.30. The summed E-state index contributed by atoms with van der Waals surface area (Å²) in [5.74, 6) is 0. The van der Waals surface area contributed by atoms with Gasteiger partial charge in [0.05, 0.1) is 0 Å². The van der Waals surface area contributed by atoms with Gasteiger partial charge in [-0.05, 0) is 60.4 Å². The highest BCUT2D eigenvalue weighted by molar-refractivity contribution is 5.89. The minimum Gasteiger partial charge on any atom is -0.361 e. The van der Waals surface area contributed by atoms with Gasteiger partial charge in [-0.15, -0.1) is 0 Å². The first kappa shape index (κ1) is 18.7. The summed E-state index contributed by atoms with van der Waals surface area (Å²) in [6, 6.07) is 19.9. The molecule has 0 unspecified atom stereocenters. The number of nitrogens with one attached hydrogen (secondary N) is 2. The molecular formula is C24H24N4O. The van der Waals surface area contributed by atoms with Crippen LogP contribution in [0.1, 0.15) is 16.7 Å². The van der Waals surface area contributed by atoms with Crippen molar-refractivity contribution in [3.8, 4) is 0 Å². The molecule has 0 radical (unpaired) electrons. The number of amides is 2. The van der Waals surface area contributed by atoms with Crippen LogP contribution in [0, 0.1) is 6.92 Å². The second-order valence-corrected chi connectivity index (χ2v) is 7.19. The number of aryl methyl sites for hydroxylation is 1. The quantitative estimate of drug-likeness (QED) is 0.483. The predicted molar refractivity (Wildman–Crippen MR) is 117 cm³/mol. The predicted octanol–water partition coefficient (Wildman–Crippen LogP) is 5.15. The molecule has 0 saturated carbocycles. The lowest BCUT2D eigenvalue weighted by Gasteiger charge is -2.23. The topological polar surface area (TPSA) is 61.0 Å². The normalized spacial score (nSPS) is 10.8. The van der Waals surface area contributed by atoms with Gasteiger partial charge in [0.25, 0.3) is 0 Å². The average molecular weight is 384 g/mol. The third-order valence-electron chi connectivity index (χ3n) is 5.01. The number of aromatic nitrogens is 2. The average Bonchev–Trinajstić information content (AvgIpc) is 3.15. The van der Waals surface area contributed by atoms with Crippen molar-refractivity contribution in [1.82, 2.24) is 14.9 Å². The number of nitrogens with zero attached hydrogens (tertiary/aromatic N) is 2. The van der Waals surface area contributed by atoms with E-state index in [1.54, 1.807) is 12.4 Å². The summed E-state index contributed by atoms with van der Waals surface area (Å²) >= 11 is 0. The Morgan fingerprint density at radius 3 is 2.72 bits per heavy atom. The molecule has 2 aromatic carbocycles. The zero-order valence-electron chi connectivity index (χ0n) is 16.4. The highest BCUT2D eigenvalue weighted by Crippen LogP contribution is 2.19. The maximum absolute atomic E-state index is 13.0. The van der Waals surface area contributed by atoms with E-state index in [2.05, 4.69) is 27.4 Å². The van der Waals surface area contributed by atoms with Gasteiger partial charge in [0.2, 0.25) is 0 Å². The number of carbonyl (C=O) groups excluding carboxylic acids is 1. The molecule has 4 rings (SSSR count). The number of carbonyl (C=O) groups is 1. The summed E-state index contributed by atoms with van der Waals surface area (Å²) in [4.78, 5) is 22.3. The Morgan fingerprint density at radius 2 is 1.90 bits per heavy atom. The maximum Gasteiger partial charge on any atom is 0.322 e. The van der Waals surface area contributed by atoms with Crippen LogP contribution >= 0.6 is 0 Å². The van der Waals surface area contributed by atoms with Crippen LogP contribution in [0.25, 0.3) is 10.9 Å². The van der Waals surface area contributed by atoms with E-state index in [-0.39, 0.29) is 6.03 Å². The summed E-state index contributed by atoms with van der Waals surface area (Å²) < 4.78 is 0. The number of hydrogen-bond acceptors (Lipinski definition) is 2. The van der Waals surface area contributed by atoms with Crippen molar-refractivity contribution < 1.29 is 4.79 Å². The summed E-state index contributed by atoms with van der Waals surface area (Å²) in [6.07, 6.45) is 6.32. The van der Waals surface area contributed by atoms with Gasteiger partial charge < -0.3 is 15.2 Å². The van der Waals surface area contributed by atoms with E-state index in [9.17, 15) is 4.79 Å². The lowest BCUT2D eigenvalue weighted by Crippen LogP contribution is -2.36.